The highest BCUT2D eigenvalue weighted by molar-refractivity contribution is 7.90. The van der Waals surface area contributed by atoms with Crippen LogP contribution >= 0.6 is 18.7 Å². The first kappa shape index (κ1) is 28.4. The van der Waals surface area contributed by atoms with Crippen molar-refractivity contribution in [3.05, 3.63) is 83.5 Å². The van der Waals surface area contributed by atoms with Gasteiger partial charge in [-0.2, -0.15) is 0 Å². The molecule has 2 aromatic carbocycles. The lowest BCUT2D eigenvalue weighted by Crippen LogP contribution is -2.12. The van der Waals surface area contributed by atoms with Gasteiger partial charge in [0.05, 0.1) is 23.4 Å². The molecule has 0 aliphatic rings. The number of anilines is 1. The quantitative estimate of drug-likeness (QED) is 0.203. The Morgan fingerprint density at radius 3 is 2.38 bits per heavy atom. The predicted molar refractivity (Wildman–Crippen MR) is 149 cm³/mol. The van der Waals surface area contributed by atoms with Gasteiger partial charge in [-0.3, -0.25) is 14.7 Å². The van der Waals surface area contributed by atoms with Gasteiger partial charge in [0, 0.05) is 42.2 Å². The topological polar surface area (TPSA) is 134 Å². The third-order valence-corrected chi connectivity index (χ3v) is 8.75. The number of sulfone groups is 1. The lowest BCUT2D eigenvalue weighted by Gasteiger charge is -2.12. The van der Waals surface area contributed by atoms with Gasteiger partial charge in [-0.1, -0.05) is 6.07 Å². The average molecular weight is 588 g/mol. The van der Waals surface area contributed by atoms with Crippen LogP contribution in [0.4, 0.5) is 5.13 Å². The first-order valence-electron chi connectivity index (χ1n) is 11.7. The molecule has 0 saturated carbocycles. The number of aromatic nitrogens is 2. The standard InChI is InChI=1S/C26H26N3O7PS2/c1-4-34-37(2,31)16-19-17-38-26(28-19)29-25(30)18-13-21(15-22(14-18)36-24-7-5-6-12-27-24)35-20-8-10-23(11-9-20)39(3,32)33/h5-15,17H,4,16H2,1-3H3,(H,28,29,30). The zero-order valence-electron chi connectivity index (χ0n) is 21.4. The van der Waals surface area contributed by atoms with Gasteiger partial charge in [0.25, 0.3) is 5.91 Å². The average Bonchev–Trinajstić information content (AvgIpc) is 3.30. The van der Waals surface area contributed by atoms with E-state index in [1.165, 1.54) is 47.7 Å². The number of nitrogens with one attached hydrogen (secondary N) is 1. The third-order valence-electron chi connectivity index (χ3n) is 5.11. The van der Waals surface area contributed by atoms with Gasteiger partial charge < -0.3 is 14.0 Å². The van der Waals surface area contributed by atoms with E-state index in [1.807, 2.05) is 0 Å². The minimum absolute atomic E-state index is 0.158. The molecule has 0 fully saturated rings. The van der Waals surface area contributed by atoms with Crippen molar-refractivity contribution in [3.63, 3.8) is 0 Å². The summed E-state index contributed by atoms with van der Waals surface area (Å²) in [5, 5.41) is 4.80. The van der Waals surface area contributed by atoms with Crippen LogP contribution < -0.4 is 14.8 Å². The van der Waals surface area contributed by atoms with Crippen molar-refractivity contribution < 1.29 is 31.8 Å². The summed E-state index contributed by atoms with van der Waals surface area (Å²) in [6.45, 7) is 3.67. The van der Waals surface area contributed by atoms with E-state index >= 15 is 0 Å². The highest BCUT2D eigenvalue weighted by Crippen LogP contribution is 2.46. The molecule has 4 rings (SSSR count). The predicted octanol–water partition coefficient (Wildman–Crippen LogP) is 6.22. The minimum Gasteiger partial charge on any atom is -0.457 e. The van der Waals surface area contributed by atoms with Crippen molar-refractivity contribution >= 4 is 39.6 Å². The van der Waals surface area contributed by atoms with Gasteiger partial charge in [-0.05, 0) is 49.4 Å². The summed E-state index contributed by atoms with van der Waals surface area (Å²) >= 11 is 1.21. The van der Waals surface area contributed by atoms with Crippen LogP contribution in [0.1, 0.15) is 23.0 Å². The van der Waals surface area contributed by atoms with Gasteiger partial charge in [-0.15, -0.1) is 11.3 Å². The van der Waals surface area contributed by atoms with Gasteiger partial charge >= 0.3 is 0 Å². The van der Waals surface area contributed by atoms with Crippen LogP contribution in [0.25, 0.3) is 0 Å². The molecular formula is C26H26N3O7PS2. The molecule has 1 atom stereocenters. The summed E-state index contributed by atoms with van der Waals surface area (Å²) in [5.74, 6) is 0.800. The molecule has 0 aliphatic carbocycles. The fourth-order valence-electron chi connectivity index (χ4n) is 3.46. The molecule has 13 heteroatoms. The summed E-state index contributed by atoms with van der Waals surface area (Å²) < 4.78 is 53.0. The number of carbonyl (C=O) groups excluding carboxylic acids is 1. The number of hydrogen-bond donors (Lipinski definition) is 1. The number of benzene rings is 2. The summed E-state index contributed by atoms with van der Waals surface area (Å²) in [5.41, 5.74) is 0.779. The molecular weight excluding hydrogens is 561 g/mol. The molecule has 10 nitrogen and oxygen atoms in total. The van der Waals surface area contributed by atoms with Crippen LogP contribution in [-0.4, -0.2) is 43.8 Å². The Kier molecular flexibility index (Phi) is 8.81. The van der Waals surface area contributed by atoms with Crippen LogP contribution in [0.3, 0.4) is 0 Å². The van der Waals surface area contributed by atoms with Gasteiger partial charge in [0.1, 0.15) is 17.2 Å². The van der Waals surface area contributed by atoms with Crippen molar-refractivity contribution in [3.8, 4) is 23.1 Å². The van der Waals surface area contributed by atoms with E-state index in [0.717, 1.165) is 6.26 Å². The normalized spacial score (nSPS) is 12.9. The van der Waals surface area contributed by atoms with E-state index in [4.69, 9.17) is 14.0 Å². The van der Waals surface area contributed by atoms with Crippen molar-refractivity contribution in [1.29, 1.82) is 0 Å². The maximum absolute atomic E-state index is 13.2. The third kappa shape index (κ3) is 8.21. The molecule has 1 amide bonds. The number of ether oxygens (including phenoxy) is 2. The Morgan fingerprint density at radius 1 is 1.03 bits per heavy atom. The molecule has 4 aromatic rings. The highest BCUT2D eigenvalue weighted by atomic mass is 32.2. The molecule has 0 radical (unpaired) electrons. The molecule has 2 aromatic heterocycles. The van der Waals surface area contributed by atoms with Gasteiger partial charge in [-0.25, -0.2) is 18.4 Å². The first-order valence-corrected chi connectivity index (χ1v) is 16.7. The molecule has 0 spiro atoms. The number of rotatable bonds is 11. The zero-order valence-corrected chi connectivity index (χ0v) is 23.9. The molecule has 1 unspecified atom stereocenters. The summed E-state index contributed by atoms with van der Waals surface area (Å²) in [4.78, 5) is 21.8. The number of pyridine rings is 1. The smallest absolute Gasteiger partial charge is 0.257 e. The second kappa shape index (κ2) is 12.1. The number of nitrogens with zero attached hydrogens (tertiary/aromatic N) is 2. The zero-order chi connectivity index (χ0) is 28.0. The van der Waals surface area contributed by atoms with E-state index in [0.29, 0.717) is 34.8 Å². The Hall–Kier alpha value is -3.57. The second-order valence-electron chi connectivity index (χ2n) is 8.50. The molecule has 0 aliphatic heterocycles. The van der Waals surface area contributed by atoms with Gasteiger partial charge in [0.15, 0.2) is 15.0 Å². The first-order chi connectivity index (χ1) is 18.5. The highest BCUT2D eigenvalue weighted by Gasteiger charge is 2.19. The lowest BCUT2D eigenvalue weighted by molar-refractivity contribution is 0.102. The van der Waals surface area contributed by atoms with Crippen molar-refractivity contribution in [1.82, 2.24) is 9.97 Å². The van der Waals surface area contributed by atoms with E-state index < -0.39 is 23.1 Å². The van der Waals surface area contributed by atoms with Crippen LogP contribution in [0.2, 0.25) is 0 Å². The molecule has 204 valence electrons. The second-order valence-corrected chi connectivity index (χ2v) is 14.0. The van der Waals surface area contributed by atoms with Crippen molar-refractivity contribution in [2.45, 2.75) is 18.0 Å². The van der Waals surface area contributed by atoms with E-state index in [2.05, 4.69) is 15.3 Å². The van der Waals surface area contributed by atoms with E-state index in [1.54, 1.807) is 49.4 Å². The Balaban J connectivity index is 1.57. The molecule has 0 saturated heterocycles. The number of carbonyl (C=O) groups is 1. The van der Waals surface area contributed by atoms with E-state index in [-0.39, 0.29) is 22.4 Å². The molecule has 39 heavy (non-hydrogen) atoms. The Bertz CT molecular complexity index is 1610. The molecule has 2 heterocycles. The molecule has 0 bridgehead atoms. The maximum Gasteiger partial charge on any atom is 0.257 e. The Labute approximate surface area is 230 Å². The number of thiazole rings is 1. The van der Waals surface area contributed by atoms with Crippen LogP contribution in [0.15, 0.2) is 77.1 Å². The lowest BCUT2D eigenvalue weighted by atomic mass is 10.2. The fourth-order valence-corrected chi connectivity index (χ4v) is 6.31. The van der Waals surface area contributed by atoms with E-state index in [9.17, 15) is 17.8 Å². The van der Waals surface area contributed by atoms with Crippen molar-refractivity contribution in [2.75, 3.05) is 24.8 Å². The van der Waals surface area contributed by atoms with Gasteiger partial charge in [0.2, 0.25) is 13.2 Å². The maximum atomic E-state index is 13.2. The van der Waals surface area contributed by atoms with Crippen LogP contribution in [0.5, 0.6) is 23.1 Å². The monoisotopic (exact) mass is 587 g/mol. The Morgan fingerprint density at radius 2 is 1.74 bits per heavy atom. The summed E-state index contributed by atoms with van der Waals surface area (Å²) in [6.07, 6.45) is 2.86. The van der Waals surface area contributed by atoms with Crippen LogP contribution in [0, 0.1) is 0 Å². The SMILES string of the molecule is CCOP(C)(=O)Cc1csc(NC(=O)c2cc(Oc3ccc(S(C)(=O)=O)cc3)cc(Oc3ccccn3)c2)n1. The van der Waals surface area contributed by atoms with Crippen LogP contribution in [-0.2, 0) is 25.1 Å². The number of amides is 1. The largest absolute Gasteiger partial charge is 0.457 e. The number of hydrogen-bond acceptors (Lipinski definition) is 10. The fraction of sp³-hybridized carbons (Fsp3) is 0.192. The minimum atomic E-state index is -3.36. The summed E-state index contributed by atoms with van der Waals surface area (Å²) in [7, 11) is -6.18. The van der Waals surface area contributed by atoms with Crippen molar-refractivity contribution in [2.24, 2.45) is 0 Å². The molecule has 1 N–H and O–H groups in total. The summed E-state index contributed by atoms with van der Waals surface area (Å²) in [6, 6.07) is 15.7.